The summed E-state index contributed by atoms with van der Waals surface area (Å²) in [7, 11) is 8.70. The highest BCUT2D eigenvalue weighted by Gasteiger charge is 2.43. The number of nitrogens with one attached hydrogen (secondary N) is 1. The van der Waals surface area contributed by atoms with Crippen molar-refractivity contribution < 1.29 is 47.8 Å². The molecule has 0 aliphatic carbocycles. The molecule has 0 bridgehead atoms. The number of Topliss-reactive ketones (excluding diaryl/α,β-unsaturated/α-hetero) is 2. The molecule has 1 aromatic carbocycles. The lowest BCUT2D eigenvalue weighted by atomic mass is 9.83. The van der Waals surface area contributed by atoms with E-state index in [1.165, 1.54) is 0 Å². The van der Waals surface area contributed by atoms with E-state index < -0.39 is 36.0 Å². The number of nitrogens with two attached hydrogens (primary N) is 1. The van der Waals surface area contributed by atoms with E-state index in [0.717, 1.165) is 18.4 Å². The van der Waals surface area contributed by atoms with E-state index >= 15 is 0 Å². The van der Waals surface area contributed by atoms with Crippen molar-refractivity contribution in [3.8, 4) is 0 Å². The van der Waals surface area contributed by atoms with Gasteiger partial charge in [-0.05, 0) is 56.7 Å². The molecule has 3 amide bonds. The van der Waals surface area contributed by atoms with Crippen LogP contribution in [-0.2, 0) is 54.2 Å². The largest absolute Gasteiger partial charge is 0.379 e. The first kappa shape index (κ1) is 55.8. The fraction of sp³-hybridized carbons (Fsp3) is 0.771. The van der Waals surface area contributed by atoms with Crippen molar-refractivity contribution in [3.05, 3.63) is 35.9 Å². The Kier molecular flexibility index (Phi) is 25.9. The van der Waals surface area contributed by atoms with Gasteiger partial charge in [-0.1, -0.05) is 85.2 Å². The van der Waals surface area contributed by atoms with Gasteiger partial charge in [-0.15, -0.1) is 0 Å². The van der Waals surface area contributed by atoms with Crippen LogP contribution in [0.1, 0.15) is 92.6 Å². The SMILES string of the molecule is CC[C@H](C)[C@@H]([C@@H](CC(=O)N1CCC[C@H]1[C@H](OC)[C@@H](C)C(=O)C[C@@H](Cc1ccccc1)C(=O)NCCOCCOCCON)OC)N(C)C(=O)C(CC(=O)[C@H](C(C)C)N(C)C)C(C)C. The number of benzene rings is 1. The van der Waals surface area contributed by atoms with Crippen LogP contribution in [0, 0.1) is 35.5 Å². The van der Waals surface area contributed by atoms with E-state index in [2.05, 4.69) is 24.0 Å². The number of likely N-dealkylation sites (N-methyl/N-ethyl adjacent to an activating group) is 2. The first-order valence-corrected chi connectivity index (χ1v) is 23.1. The molecular formula is C48H83N5O10. The summed E-state index contributed by atoms with van der Waals surface area (Å²) in [6, 6.07) is 8.51. The van der Waals surface area contributed by atoms with Gasteiger partial charge in [0, 0.05) is 65.0 Å². The fourth-order valence-corrected chi connectivity index (χ4v) is 9.21. The third-order valence-electron chi connectivity index (χ3n) is 12.8. The highest BCUT2D eigenvalue weighted by Crippen LogP contribution is 2.32. The molecule has 0 radical (unpaired) electrons. The molecule has 1 aliphatic rings. The maximum Gasteiger partial charge on any atom is 0.226 e. The van der Waals surface area contributed by atoms with Crippen molar-refractivity contribution in [2.24, 2.45) is 41.4 Å². The number of carbonyl (C=O) groups excluding carboxylic acids is 5. The van der Waals surface area contributed by atoms with Crippen LogP contribution in [0.4, 0.5) is 0 Å². The van der Waals surface area contributed by atoms with Crippen LogP contribution in [0.2, 0.25) is 0 Å². The Bertz CT molecular complexity index is 1510. The topological polar surface area (TPSA) is 179 Å². The Morgan fingerprint density at radius 3 is 2.02 bits per heavy atom. The average molecular weight is 890 g/mol. The molecule has 1 fully saturated rings. The first-order valence-electron chi connectivity index (χ1n) is 23.1. The van der Waals surface area contributed by atoms with Gasteiger partial charge in [0.2, 0.25) is 17.7 Å². The number of ketones is 2. The number of amides is 3. The molecule has 9 atom stereocenters. The van der Waals surface area contributed by atoms with Crippen LogP contribution < -0.4 is 11.2 Å². The zero-order valence-electron chi connectivity index (χ0n) is 40.6. The standard InChI is InChI=1S/C48H83N5O10/c1-13-34(6)45(52(10)48(58)38(32(2)3)30-41(55)44(33(4)5)51(8)9)42(59-11)31-43(56)53-22-17-20-39(53)46(60-12)35(7)40(54)29-37(28-36-18-15-14-16-19-36)47(57)50-21-23-61-24-25-62-26-27-63-49/h14-16,18-19,32-35,37-39,42,44-46H,13,17,20-31,49H2,1-12H3,(H,50,57)/t34-,35-,37+,38?,39-,42+,44-,45-,46+/m0/s1. The second-order valence-corrected chi connectivity index (χ2v) is 18.2. The summed E-state index contributed by atoms with van der Waals surface area (Å²) in [5.74, 6) is 2.64. The summed E-state index contributed by atoms with van der Waals surface area (Å²) in [5, 5.41) is 2.94. The van der Waals surface area contributed by atoms with E-state index in [4.69, 9.17) is 24.8 Å². The van der Waals surface area contributed by atoms with Crippen LogP contribution in [-0.4, -0.2) is 156 Å². The summed E-state index contributed by atoms with van der Waals surface area (Å²) in [5.41, 5.74) is 0.942. The Morgan fingerprint density at radius 1 is 0.825 bits per heavy atom. The van der Waals surface area contributed by atoms with E-state index in [1.54, 1.807) is 26.2 Å². The molecule has 0 aromatic heterocycles. The normalized spacial score (nSPS) is 18.2. The third-order valence-corrected chi connectivity index (χ3v) is 12.8. The summed E-state index contributed by atoms with van der Waals surface area (Å²) in [4.78, 5) is 80.1. The number of carbonyl (C=O) groups is 5. The highest BCUT2D eigenvalue weighted by atomic mass is 16.6. The molecule has 1 unspecified atom stereocenters. The van der Waals surface area contributed by atoms with Crippen LogP contribution in [0.15, 0.2) is 30.3 Å². The Balaban J connectivity index is 2.23. The lowest BCUT2D eigenvalue weighted by Gasteiger charge is -2.41. The van der Waals surface area contributed by atoms with Crippen molar-refractivity contribution in [1.82, 2.24) is 20.0 Å². The molecule has 1 aromatic rings. The second-order valence-electron chi connectivity index (χ2n) is 18.2. The number of ether oxygens (including phenoxy) is 4. The van der Waals surface area contributed by atoms with Crippen LogP contribution in [0.5, 0.6) is 0 Å². The molecule has 3 N–H and O–H groups in total. The molecule has 15 nitrogen and oxygen atoms in total. The lowest BCUT2D eigenvalue weighted by molar-refractivity contribution is -0.149. The maximum atomic E-state index is 14.4. The number of methoxy groups -OCH3 is 2. The van der Waals surface area contributed by atoms with Gasteiger partial charge in [-0.25, -0.2) is 5.90 Å². The third kappa shape index (κ3) is 17.5. The minimum absolute atomic E-state index is 0.000725. The molecule has 63 heavy (non-hydrogen) atoms. The average Bonchev–Trinajstić information content (AvgIpc) is 3.73. The van der Waals surface area contributed by atoms with E-state index in [0.29, 0.717) is 39.2 Å². The predicted octanol–water partition coefficient (Wildman–Crippen LogP) is 4.58. The molecule has 15 heteroatoms. The smallest absolute Gasteiger partial charge is 0.226 e. The first-order chi connectivity index (χ1) is 29.9. The van der Waals surface area contributed by atoms with Crippen molar-refractivity contribution in [3.63, 3.8) is 0 Å². The van der Waals surface area contributed by atoms with Gasteiger partial charge in [0.1, 0.15) is 5.78 Å². The van der Waals surface area contributed by atoms with Crippen molar-refractivity contribution in [1.29, 1.82) is 0 Å². The molecule has 2 rings (SSSR count). The lowest BCUT2D eigenvalue weighted by Crippen LogP contribution is -2.54. The van der Waals surface area contributed by atoms with Crippen LogP contribution >= 0.6 is 0 Å². The van der Waals surface area contributed by atoms with Crippen molar-refractivity contribution >= 4 is 29.3 Å². The molecule has 0 spiro atoms. The molecule has 1 heterocycles. The fourth-order valence-electron chi connectivity index (χ4n) is 9.21. The van der Waals surface area contributed by atoms with Crippen molar-refractivity contribution in [2.75, 3.05) is 81.5 Å². The molecule has 360 valence electrons. The summed E-state index contributed by atoms with van der Waals surface area (Å²) >= 11 is 0. The Labute approximate surface area is 378 Å². The number of rotatable bonds is 32. The molecule has 0 saturated carbocycles. The van der Waals surface area contributed by atoms with Gasteiger partial charge >= 0.3 is 0 Å². The number of likely N-dealkylation sites (tertiary alicyclic amines) is 1. The quantitative estimate of drug-likeness (QED) is 0.0762. The summed E-state index contributed by atoms with van der Waals surface area (Å²) in [6.07, 6.45) is 1.45. The zero-order chi connectivity index (χ0) is 47.2. The van der Waals surface area contributed by atoms with Gasteiger partial charge in [-0.3, -0.25) is 28.9 Å². The molecule has 1 aliphatic heterocycles. The van der Waals surface area contributed by atoms with E-state index in [1.807, 2.05) is 88.8 Å². The predicted molar refractivity (Wildman–Crippen MR) is 244 cm³/mol. The number of nitrogens with zero attached hydrogens (tertiary/aromatic N) is 3. The minimum atomic E-state index is -0.626. The van der Waals surface area contributed by atoms with E-state index in [-0.39, 0.29) is 98.1 Å². The molecular weight excluding hydrogens is 807 g/mol. The number of hydrogen-bond acceptors (Lipinski definition) is 12. The van der Waals surface area contributed by atoms with Crippen LogP contribution in [0.25, 0.3) is 0 Å². The van der Waals surface area contributed by atoms with Crippen LogP contribution in [0.3, 0.4) is 0 Å². The minimum Gasteiger partial charge on any atom is -0.379 e. The molecule has 1 saturated heterocycles. The highest BCUT2D eigenvalue weighted by molar-refractivity contribution is 5.90. The van der Waals surface area contributed by atoms with Gasteiger partial charge in [0.25, 0.3) is 0 Å². The summed E-state index contributed by atoms with van der Waals surface area (Å²) < 4.78 is 23.1. The summed E-state index contributed by atoms with van der Waals surface area (Å²) in [6.45, 7) is 16.3. The van der Waals surface area contributed by atoms with Gasteiger partial charge in [0.15, 0.2) is 5.78 Å². The van der Waals surface area contributed by atoms with E-state index in [9.17, 15) is 24.0 Å². The van der Waals surface area contributed by atoms with Gasteiger partial charge < -0.3 is 38.9 Å². The number of hydrogen-bond donors (Lipinski definition) is 2. The monoisotopic (exact) mass is 890 g/mol. The second kappa shape index (κ2) is 29.3. The Hall–Kier alpha value is -3.31. The van der Waals surface area contributed by atoms with Gasteiger partial charge in [0.05, 0.1) is 69.8 Å². The van der Waals surface area contributed by atoms with Crippen molar-refractivity contribution in [2.45, 2.75) is 124 Å². The Morgan fingerprint density at radius 2 is 1.46 bits per heavy atom. The zero-order valence-corrected chi connectivity index (χ0v) is 40.6. The van der Waals surface area contributed by atoms with Gasteiger partial charge in [-0.2, -0.15) is 0 Å². The maximum absolute atomic E-state index is 14.4.